The van der Waals surface area contributed by atoms with Crippen LogP contribution >= 0.6 is 11.8 Å². The first-order valence-electron chi connectivity index (χ1n) is 9.42. The molecule has 0 saturated carbocycles. The van der Waals surface area contributed by atoms with E-state index >= 15 is 0 Å². The zero-order valence-electron chi connectivity index (χ0n) is 16.0. The number of fused-ring (bicyclic) bond motifs is 1. The van der Waals surface area contributed by atoms with E-state index in [-0.39, 0.29) is 22.8 Å². The molecule has 0 unspecified atom stereocenters. The summed E-state index contributed by atoms with van der Waals surface area (Å²) in [6.45, 7) is 3.13. The van der Waals surface area contributed by atoms with Gasteiger partial charge in [-0.2, -0.15) is 5.26 Å². The molecule has 1 fully saturated rings. The van der Waals surface area contributed by atoms with Crippen molar-refractivity contribution in [2.24, 2.45) is 4.99 Å². The molecule has 4 rings (SSSR count). The second-order valence-corrected chi connectivity index (χ2v) is 10.4. The SMILES string of the molecule is CCOc1ccc(N(Cc2ccc(C#N)cc2)C2=N[C@H]3CS(=O)(=O)C[C@H]3S2)cc1. The molecule has 2 aliphatic heterocycles. The third-order valence-electron chi connectivity index (χ3n) is 4.92. The van der Waals surface area contributed by atoms with Crippen LogP contribution in [0.1, 0.15) is 18.1 Å². The molecule has 2 aliphatic rings. The predicted octanol–water partition coefficient (Wildman–Crippen LogP) is 3.23. The van der Waals surface area contributed by atoms with Crippen LogP contribution in [-0.4, -0.2) is 43.0 Å². The summed E-state index contributed by atoms with van der Waals surface area (Å²) in [6.07, 6.45) is 0. The lowest BCUT2D eigenvalue weighted by molar-refractivity contribution is 0.340. The first-order chi connectivity index (χ1) is 14.0. The van der Waals surface area contributed by atoms with E-state index in [0.717, 1.165) is 22.2 Å². The van der Waals surface area contributed by atoms with Gasteiger partial charge in [0.25, 0.3) is 0 Å². The fraction of sp³-hybridized carbons (Fsp3) is 0.333. The lowest BCUT2D eigenvalue weighted by atomic mass is 10.1. The molecule has 0 spiro atoms. The highest BCUT2D eigenvalue weighted by Gasteiger charge is 2.44. The minimum Gasteiger partial charge on any atom is -0.494 e. The summed E-state index contributed by atoms with van der Waals surface area (Å²) in [4.78, 5) is 6.86. The highest BCUT2D eigenvalue weighted by molar-refractivity contribution is 8.15. The summed E-state index contributed by atoms with van der Waals surface area (Å²) in [5.74, 6) is 1.12. The lowest BCUT2D eigenvalue weighted by Gasteiger charge is -2.25. The molecule has 150 valence electrons. The largest absolute Gasteiger partial charge is 0.494 e. The van der Waals surface area contributed by atoms with E-state index in [9.17, 15) is 8.42 Å². The smallest absolute Gasteiger partial charge is 0.164 e. The Balaban J connectivity index is 1.63. The molecule has 0 radical (unpaired) electrons. The number of sulfone groups is 1. The van der Waals surface area contributed by atoms with Crippen LogP contribution < -0.4 is 9.64 Å². The molecule has 0 amide bonds. The number of amidine groups is 1. The molecule has 2 heterocycles. The Hall–Kier alpha value is -2.50. The number of nitrogens with zero attached hydrogens (tertiary/aromatic N) is 3. The molecular weight excluding hydrogens is 406 g/mol. The minimum absolute atomic E-state index is 0.0128. The molecule has 0 aromatic heterocycles. The molecule has 8 heteroatoms. The van der Waals surface area contributed by atoms with Gasteiger partial charge in [0.1, 0.15) is 5.75 Å². The van der Waals surface area contributed by atoms with Crippen molar-refractivity contribution in [3.05, 3.63) is 59.7 Å². The zero-order chi connectivity index (χ0) is 20.4. The number of hydrogen-bond acceptors (Lipinski definition) is 7. The number of benzene rings is 2. The third-order valence-corrected chi connectivity index (χ3v) is 8.17. The number of thioether (sulfide) groups is 1. The van der Waals surface area contributed by atoms with Gasteiger partial charge in [0.15, 0.2) is 15.0 Å². The van der Waals surface area contributed by atoms with Crippen LogP contribution in [0.15, 0.2) is 53.5 Å². The minimum atomic E-state index is -2.99. The summed E-state index contributed by atoms with van der Waals surface area (Å²) < 4.78 is 29.4. The van der Waals surface area contributed by atoms with Crippen LogP contribution in [0.2, 0.25) is 0 Å². The molecule has 0 N–H and O–H groups in total. The van der Waals surface area contributed by atoms with Gasteiger partial charge in [-0.1, -0.05) is 23.9 Å². The summed E-state index contributed by atoms with van der Waals surface area (Å²) in [7, 11) is -2.99. The number of hydrogen-bond donors (Lipinski definition) is 0. The zero-order valence-corrected chi connectivity index (χ0v) is 17.6. The van der Waals surface area contributed by atoms with E-state index in [0.29, 0.717) is 18.7 Å². The standard InChI is InChI=1S/C21H21N3O3S2/c1-2-27-18-9-7-17(8-10-18)24(12-16-5-3-15(11-22)4-6-16)21-23-19-13-29(25,26)14-20(19)28-21/h3-10,19-20H,2,12-14H2,1H3/t19-,20+/m0/s1. The number of aliphatic imine (C=N–C) groups is 1. The molecule has 0 aliphatic carbocycles. The van der Waals surface area contributed by atoms with Gasteiger partial charge in [0.2, 0.25) is 0 Å². The van der Waals surface area contributed by atoms with Crippen LogP contribution in [0.5, 0.6) is 5.75 Å². The van der Waals surface area contributed by atoms with Gasteiger partial charge in [0.05, 0.1) is 42.3 Å². The number of anilines is 1. The van der Waals surface area contributed by atoms with E-state index in [4.69, 9.17) is 15.0 Å². The third kappa shape index (κ3) is 4.41. The Bertz CT molecular complexity index is 1060. The van der Waals surface area contributed by atoms with Crippen molar-refractivity contribution in [2.45, 2.75) is 24.8 Å². The molecule has 0 bridgehead atoms. The van der Waals surface area contributed by atoms with E-state index < -0.39 is 9.84 Å². The Morgan fingerprint density at radius 1 is 1.17 bits per heavy atom. The van der Waals surface area contributed by atoms with Crippen LogP contribution in [0, 0.1) is 11.3 Å². The summed E-state index contributed by atoms with van der Waals surface area (Å²) in [6, 6.07) is 17.3. The normalized spacial score (nSPS) is 21.9. The highest BCUT2D eigenvalue weighted by atomic mass is 32.2. The number of rotatable bonds is 5. The van der Waals surface area contributed by atoms with Crippen molar-refractivity contribution in [2.75, 3.05) is 23.0 Å². The maximum atomic E-state index is 11.9. The van der Waals surface area contributed by atoms with Gasteiger partial charge < -0.3 is 9.64 Å². The Kier molecular flexibility index (Phi) is 5.52. The average molecular weight is 428 g/mol. The Labute approximate surface area is 175 Å². The molecule has 6 nitrogen and oxygen atoms in total. The molecule has 29 heavy (non-hydrogen) atoms. The van der Waals surface area contributed by atoms with Crippen molar-refractivity contribution < 1.29 is 13.2 Å². The van der Waals surface area contributed by atoms with E-state index in [2.05, 4.69) is 11.0 Å². The van der Waals surface area contributed by atoms with Crippen LogP contribution in [0.3, 0.4) is 0 Å². The summed E-state index contributed by atoms with van der Waals surface area (Å²) in [5.41, 5.74) is 2.63. The average Bonchev–Trinajstić information content (AvgIpc) is 3.21. The Morgan fingerprint density at radius 3 is 2.52 bits per heavy atom. The fourth-order valence-electron chi connectivity index (χ4n) is 3.50. The summed E-state index contributed by atoms with van der Waals surface area (Å²) >= 11 is 1.54. The molecule has 1 saturated heterocycles. The molecule has 2 aromatic rings. The number of ether oxygens (including phenoxy) is 1. The first-order valence-corrected chi connectivity index (χ1v) is 12.1. The fourth-order valence-corrected chi connectivity index (χ4v) is 7.28. The van der Waals surface area contributed by atoms with Gasteiger partial charge in [-0.15, -0.1) is 0 Å². The van der Waals surface area contributed by atoms with Crippen LogP contribution in [-0.2, 0) is 16.4 Å². The molecule has 2 atom stereocenters. The van der Waals surface area contributed by atoms with Gasteiger partial charge in [-0.25, -0.2) is 8.42 Å². The topological polar surface area (TPSA) is 82.8 Å². The maximum absolute atomic E-state index is 11.9. The van der Waals surface area contributed by atoms with Gasteiger partial charge in [0, 0.05) is 10.9 Å². The van der Waals surface area contributed by atoms with Crippen molar-refractivity contribution >= 4 is 32.5 Å². The molecular formula is C21H21N3O3S2. The first kappa shape index (κ1) is 19.8. The van der Waals surface area contributed by atoms with Crippen molar-refractivity contribution in [3.8, 4) is 11.8 Å². The molecule has 2 aromatic carbocycles. The van der Waals surface area contributed by atoms with E-state index in [1.54, 1.807) is 23.9 Å². The second kappa shape index (κ2) is 8.09. The van der Waals surface area contributed by atoms with Gasteiger partial charge >= 0.3 is 0 Å². The van der Waals surface area contributed by atoms with Gasteiger partial charge in [-0.3, -0.25) is 4.99 Å². The number of nitriles is 1. The van der Waals surface area contributed by atoms with Crippen molar-refractivity contribution in [1.29, 1.82) is 5.26 Å². The van der Waals surface area contributed by atoms with Crippen molar-refractivity contribution in [3.63, 3.8) is 0 Å². The Morgan fingerprint density at radius 2 is 1.90 bits per heavy atom. The van der Waals surface area contributed by atoms with Crippen LogP contribution in [0.4, 0.5) is 5.69 Å². The maximum Gasteiger partial charge on any atom is 0.164 e. The second-order valence-electron chi connectivity index (χ2n) is 7.03. The van der Waals surface area contributed by atoms with E-state index in [1.165, 1.54) is 0 Å². The quantitative estimate of drug-likeness (QED) is 0.729. The summed E-state index contributed by atoms with van der Waals surface area (Å²) in [5, 5.41) is 9.84. The van der Waals surface area contributed by atoms with Gasteiger partial charge in [-0.05, 0) is 48.9 Å². The van der Waals surface area contributed by atoms with E-state index in [1.807, 2.05) is 43.3 Å². The lowest BCUT2D eigenvalue weighted by Crippen LogP contribution is -2.28. The van der Waals surface area contributed by atoms with Crippen LogP contribution in [0.25, 0.3) is 0 Å². The predicted molar refractivity (Wildman–Crippen MR) is 116 cm³/mol. The van der Waals surface area contributed by atoms with Crippen molar-refractivity contribution in [1.82, 2.24) is 0 Å². The highest BCUT2D eigenvalue weighted by Crippen LogP contribution is 2.37. The monoisotopic (exact) mass is 427 g/mol.